The zero-order valence-corrected chi connectivity index (χ0v) is 14.7. The minimum absolute atomic E-state index is 0.0193. The Morgan fingerprint density at radius 2 is 2.15 bits per heavy atom. The molecule has 142 valence electrons. The summed E-state index contributed by atoms with van der Waals surface area (Å²) in [4.78, 5) is 12.4. The third-order valence-corrected chi connectivity index (χ3v) is 4.52. The first kappa shape index (κ1) is 18.5. The normalized spacial score (nSPS) is 20.1. The summed E-state index contributed by atoms with van der Waals surface area (Å²) in [6.45, 7) is 5.30. The number of alkyl halides is 3. The van der Waals surface area contributed by atoms with E-state index in [1.165, 1.54) is 6.92 Å². The zero-order valence-electron chi connectivity index (χ0n) is 14.7. The van der Waals surface area contributed by atoms with Crippen molar-refractivity contribution in [2.24, 2.45) is 0 Å². The predicted molar refractivity (Wildman–Crippen MR) is 85.7 cm³/mol. The van der Waals surface area contributed by atoms with Gasteiger partial charge in [-0.15, -0.1) is 0 Å². The molecule has 0 unspecified atom stereocenters. The predicted octanol–water partition coefficient (Wildman–Crippen LogP) is 3.32. The fourth-order valence-electron chi connectivity index (χ4n) is 3.27. The number of nitrogens with one attached hydrogen (secondary N) is 2. The average Bonchev–Trinajstić information content (AvgIpc) is 3.11. The third kappa shape index (κ3) is 3.48. The summed E-state index contributed by atoms with van der Waals surface area (Å²) in [5.41, 5.74) is 1.07. The summed E-state index contributed by atoms with van der Waals surface area (Å²) < 4.78 is 49.4. The lowest BCUT2D eigenvalue weighted by Crippen LogP contribution is -2.29. The topological polar surface area (TPSA) is 80.2 Å². The number of rotatable bonds is 4. The molecule has 26 heavy (non-hydrogen) atoms. The van der Waals surface area contributed by atoms with Gasteiger partial charge in [0.25, 0.3) is 5.91 Å². The molecule has 0 aliphatic carbocycles. The van der Waals surface area contributed by atoms with Crippen LogP contribution >= 0.6 is 0 Å². The van der Waals surface area contributed by atoms with Gasteiger partial charge in [0, 0.05) is 24.1 Å². The van der Waals surface area contributed by atoms with Gasteiger partial charge >= 0.3 is 6.18 Å². The molecule has 1 aliphatic heterocycles. The second-order valence-corrected chi connectivity index (χ2v) is 6.45. The Bertz CT molecular complexity index is 810. The summed E-state index contributed by atoms with van der Waals surface area (Å²) in [7, 11) is 0. The van der Waals surface area contributed by atoms with Crippen molar-refractivity contribution < 1.29 is 27.1 Å². The van der Waals surface area contributed by atoms with Crippen molar-refractivity contribution in [3.05, 3.63) is 40.1 Å². The number of hydrogen-bond acceptors (Lipinski definition) is 4. The summed E-state index contributed by atoms with van der Waals surface area (Å²) in [6, 6.07) is 0. The van der Waals surface area contributed by atoms with Crippen LogP contribution in [0.2, 0.25) is 0 Å². The van der Waals surface area contributed by atoms with Gasteiger partial charge in [0.2, 0.25) is 0 Å². The molecule has 0 saturated carbocycles. The van der Waals surface area contributed by atoms with Crippen LogP contribution < -0.4 is 5.32 Å². The van der Waals surface area contributed by atoms with Gasteiger partial charge in [-0.25, -0.2) is 0 Å². The van der Waals surface area contributed by atoms with Crippen LogP contribution in [0, 0.1) is 6.92 Å². The maximum absolute atomic E-state index is 13.0. The van der Waals surface area contributed by atoms with Crippen molar-refractivity contribution >= 4 is 5.91 Å². The van der Waals surface area contributed by atoms with Crippen molar-refractivity contribution in [2.75, 3.05) is 6.54 Å². The molecule has 3 rings (SSSR count). The maximum Gasteiger partial charge on any atom is 0.419 e. The quantitative estimate of drug-likeness (QED) is 0.864. The van der Waals surface area contributed by atoms with Crippen LogP contribution in [0.5, 0.6) is 0 Å². The van der Waals surface area contributed by atoms with Crippen LogP contribution in [-0.4, -0.2) is 28.8 Å². The number of nitrogens with zero attached hydrogens (tertiary/aromatic N) is 1. The van der Waals surface area contributed by atoms with Gasteiger partial charge in [-0.2, -0.15) is 18.3 Å². The van der Waals surface area contributed by atoms with E-state index >= 15 is 0 Å². The second-order valence-electron chi connectivity index (χ2n) is 6.45. The van der Waals surface area contributed by atoms with Gasteiger partial charge in [0.1, 0.15) is 12.0 Å². The van der Waals surface area contributed by atoms with Crippen LogP contribution in [0.25, 0.3) is 0 Å². The Balaban J connectivity index is 1.67. The highest BCUT2D eigenvalue weighted by Crippen LogP contribution is 2.34. The Morgan fingerprint density at radius 1 is 1.42 bits per heavy atom. The average molecular weight is 371 g/mol. The molecule has 0 saturated heterocycles. The molecule has 0 spiro atoms. The smallest absolute Gasteiger partial charge is 0.419 e. The lowest BCUT2D eigenvalue weighted by Gasteiger charge is -2.25. The monoisotopic (exact) mass is 371 g/mol. The fourth-order valence-corrected chi connectivity index (χ4v) is 3.27. The number of halogens is 3. The molecule has 0 radical (unpaired) electrons. The van der Waals surface area contributed by atoms with Crippen molar-refractivity contribution in [3.8, 4) is 0 Å². The van der Waals surface area contributed by atoms with Crippen LogP contribution in [0.3, 0.4) is 0 Å². The van der Waals surface area contributed by atoms with E-state index in [1.807, 2.05) is 13.8 Å². The van der Waals surface area contributed by atoms with Gasteiger partial charge in [-0.3, -0.25) is 9.89 Å². The zero-order chi connectivity index (χ0) is 19.1. The van der Waals surface area contributed by atoms with Crippen molar-refractivity contribution in [1.82, 2.24) is 15.5 Å². The Kier molecular flexibility index (Phi) is 4.83. The SMILES string of the molecule is Cc1occ(C(F)(F)F)c1CCNC(=O)c1n[nH]c2c1C[C@@H](C)O[C@H]2C. The maximum atomic E-state index is 13.0. The van der Waals surface area contributed by atoms with Gasteiger partial charge in [0.15, 0.2) is 5.69 Å². The molecule has 2 N–H and O–H groups in total. The number of hydrogen-bond donors (Lipinski definition) is 2. The Hall–Kier alpha value is -2.29. The Morgan fingerprint density at radius 3 is 2.85 bits per heavy atom. The molecule has 6 nitrogen and oxygen atoms in total. The highest BCUT2D eigenvalue weighted by atomic mass is 19.4. The standard InChI is InChI=1S/C17H20F3N3O3/c1-8-6-12-14(10(3)26-8)22-23-15(12)16(24)21-5-4-11-9(2)25-7-13(11)17(18,19)20/h7-8,10H,4-6H2,1-3H3,(H,21,24)(H,22,23)/t8-,10+/m1/s1. The van der Waals surface area contributed by atoms with E-state index < -0.39 is 17.6 Å². The van der Waals surface area contributed by atoms with Gasteiger partial charge < -0.3 is 14.5 Å². The number of furan rings is 1. The van der Waals surface area contributed by atoms with Crippen molar-refractivity contribution in [2.45, 2.75) is 52.0 Å². The summed E-state index contributed by atoms with van der Waals surface area (Å²) in [5.74, 6) is -0.220. The molecule has 9 heteroatoms. The highest BCUT2D eigenvalue weighted by molar-refractivity contribution is 5.94. The molecule has 2 aromatic rings. The number of H-pyrrole nitrogens is 1. The molecule has 2 atom stereocenters. The molecule has 1 aliphatic rings. The first-order valence-corrected chi connectivity index (χ1v) is 8.33. The molecule has 1 amide bonds. The molecule has 0 fully saturated rings. The fraction of sp³-hybridized carbons (Fsp3) is 0.529. The van der Waals surface area contributed by atoms with E-state index in [0.29, 0.717) is 12.7 Å². The molecule has 0 aromatic carbocycles. The number of fused-ring (bicyclic) bond motifs is 1. The number of aromatic nitrogens is 2. The molecule has 0 bridgehead atoms. The number of aromatic amines is 1. The Labute approximate surface area is 148 Å². The number of amides is 1. The highest BCUT2D eigenvalue weighted by Gasteiger charge is 2.36. The summed E-state index contributed by atoms with van der Waals surface area (Å²) in [6.07, 6.45) is -3.43. The van der Waals surface area contributed by atoms with E-state index in [0.717, 1.165) is 11.3 Å². The summed E-state index contributed by atoms with van der Waals surface area (Å²) in [5, 5.41) is 9.51. The number of carbonyl (C=O) groups excluding carboxylic acids is 1. The van der Waals surface area contributed by atoms with E-state index in [2.05, 4.69) is 15.5 Å². The lowest BCUT2D eigenvalue weighted by atomic mass is 9.99. The van der Waals surface area contributed by atoms with Gasteiger partial charge in [-0.05, 0) is 27.2 Å². The van der Waals surface area contributed by atoms with Crippen LogP contribution in [0.15, 0.2) is 10.7 Å². The minimum atomic E-state index is -4.48. The van der Waals surface area contributed by atoms with Gasteiger partial charge in [0.05, 0.1) is 23.5 Å². The third-order valence-electron chi connectivity index (χ3n) is 4.52. The van der Waals surface area contributed by atoms with Gasteiger partial charge in [-0.1, -0.05) is 0 Å². The first-order chi connectivity index (χ1) is 12.2. The number of carbonyl (C=O) groups is 1. The molecule has 3 heterocycles. The van der Waals surface area contributed by atoms with Crippen molar-refractivity contribution in [1.29, 1.82) is 0 Å². The largest absolute Gasteiger partial charge is 0.469 e. The number of ether oxygens (including phenoxy) is 1. The lowest BCUT2D eigenvalue weighted by molar-refractivity contribution is -0.138. The van der Waals surface area contributed by atoms with Crippen LogP contribution in [0.1, 0.15) is 58.6 Å². The second kappa shape index (κ2) is 6.79. The van der Waals surface area contributed by atoms with E-state index in [-0.39, 0.29) is 42.2 Å². The first-order valence-electron chi connectivity index (χ1n) is 8.33. The van der Waals surface area contributed by atoms with E-state index in [9.17, 15) is 18.0 Å². The van der Waals surface area contributed by atoms with E-state index in [1.54, 1.807) is 0 Å². The van der Waals surface area contributed by atoms with Crippen molar-refractivity contribution in [3.63, 3.8) is 0 Å². The van der Waals surface area contributed by atoms with Crippen LogP contribution in [-0.2, 0) is 23.8 Å². The summed E-state index contributed by atoms with van der Waals surface area (Å²) >= 11 is 0. The molecular formula is C17H20F3N3O3. The minimum Gasteiger partial charge on any atom is -0.469 e. The molecular weight excluding hydrogens is 351 g/mol. The van der Waals surface area contributed by atoms with Crippen LogP contribution in [0.4, 0.5) is 13.2 Å². The molecule has 2 aromatic heterocycles. The number of aryl methyl sites for hydroxylation is 1. The van der Waals surface area contributed by atoms with E-state index in [4.69, 9.17) is 9.15 Å².